The lowest BCUT2D eigenvalue weighted by molar-refractivity contribution is 0.0976. The Morgan fingerprint density at radius 1 is 1.00 bits per heavy atom. The highest BCUT2D eigenvalue weighted by atomic mass is 32.2. The summed E-state index contributed by atoms with van der Waals surface area (Å²) in [5, 5.41) is 9.56. The smallest absolute Gasteiger partial charge is 0.266 e. The summed E-state index contributed by atoms with van der Waals surface area (Å²) in [4.78, 5) is 16.1. The largest absolute Gasteiger partial charge is 0.299 e. The number of nitrogens with zero attached hydrogens (tertiary/aromatic N) is 4. The molecule has 10 heteroatoms. The number of hydrogen-bond donors (Lipinski definition) is 2. The van der Waals surface area contributed by atoms with Crippen LogP contribution in [0.2, 0.25) is 0 Å². The molecule has 140 valence electrons. The van der Waals surface area contributed by atoms with Crippen molar-refractivity contribution in [2.24, 2.45) is 0 Å². The van der Waals surface area contributed by atoms with E-state index >= 15 is 0 Å². The van der Waals surface area contributed by atoms with Crippen molar-refractivity contribution < 1.29 is 13.2 Å². The van der Waals surface area contributed by atoms with Gasteiger partial charge in [-0.25, -0.2) is 19.5 Å². The summed E-state index contributed by atoms with van der Waals surface area (Å²) >= 11 is 0. The Morgan fingerprint density at radius 3 is 2.32 bits per heavy atom. The van der Waals surface area contributed by atoms with E-state index in [1.807, 2.05) is 65.4 Å². The monoisotopic (exact) mass is 394 g/mol. The lowest BCUT2D eigenvalue weighted by Crippen LogP contribution is -2.31. The molecular weight excluding hydrogens is 380 g/mol. The molecule has 0 saturated carbocycles. The van der Waals surface area contributed by atoms with Crippen LogP contribution in [0.1, 0.15) is 10.5 Å². The maximum atomic E-state index is 12.6. The summed E-state index contributed by atoms with van der Waals surface area (Å²) in [7, 11) is -4.18. The zero-order valence-corrected chi connectivity index (χ0v) is 15.2. The third kappa shape index (κ3) is 3.40. The third-order valence-corrected chi connectivity index (χ3v) is 5.05. The predicted octanol–water partition coefficient (Wildman–Crippen LogP) is 1.78. The molecule has 0 fully saturated rings. The van der Waals surface area contributed by atoms with E-state index in [0.717, 1.165) is 17.6 Å². The highest BCUT2D eigenvalue weighted by molar-refractivity contribution is 7.89. The van der Waals surface area contributed by atoms with Gasteiger partial charge in [0.15, 0.2) is 5.69 Å². The van der Waals surface area contributed by atoms with Crippen LogP contribution in [0.15, 0.2) is 78.2 Å². The van der Waals surface area contributed by atoms with E-state index in [-0.39, 0.29) is 5.69 Å². The molecule has 0 radical (unpaired) electrons. The minimum Gasteiger partial charge on any atom is -0.266 e. The van der Waals surface area contributed by atoms with Crippen molar-refractivity contribution in [3.05, 3.63) is 78.8 Å². The van der Waals surface area contributed by atoms with Crippen LogP contribution in [-0.4, -0.2) is 39.3 Å². The molecule has 2 aromatic heterocycles. The second kappa shape index (κ2) is 7.08. The van der Waals surface area contributed by atoms with Crippen LogP contribution in [-0.2, 0) is 10.0 Å². The highest BCUT2D eigenvalue weighted by Crippen LogP contribution is 2.24. The van der Waals surface area contributed by atoms with Gasteiger partial charge in [0.2, 0.25) is 0 Å². The summed E-state index contributed by atoms with van der Waals surface area (Å²) in [6, 6.07) is 20.1. The first-order chi connectivity index (χ1) is 13.5. The number of aromatic nitrogens is 5. The van der Waals surface area contributed by atoms with Gasteiger partial charge >= 0.3 is 0 Å². The molecule has 0 unspecified atom stereocenters. The Bertz CT molecular complexity index is 1150. The van der Waals surface area contributed by atoms with Crippen molar-refractivity contribution >= 4 is 15.9 Å². The lowest BCUT2D eigenvalue weighted by Gasteiger charge is -2.07. The number of benzene rings is 2. The molecule has 2 heterocycles. The van der Waals surface area contributed by atoms with Crippen molar-refractivity contribution in [1.82, 2.24) is 29.7 Å². The molecule has 0 aliphatic heterocycles. The number of hydrogen-bond acceptors (Lipinski definition) is 6. The Kier molecular flexibility index (Phi) is 4.45. The number of nitrogens with one attached hydrogen (secondary N) is 2. The molecule has 4 aromatic rings. The fraction of sp³-hybridized carbons (Fsp3) is 0. The number of para-hydroxylation sites is 1. The Hall–Kier alpha value is -3.79. The summed E-state index contributed by atoms with van der Waals surface area (Å²) in [6.07, 6.45) is 1.04. The first-order valence-corrected chi connectivity index (χ1v) is 9.66. The number of sulfonamides is 1. The van der Waals surface area contributed by atoms with E-state index < -0.39 is 21.1 Å². The Balaban J connectivity index is 1.74. The second-order valence-electron chi connectivity index (χ2n) is 5.75. The minimum atomic E-state index is -4.18. The van der Waals surface area contributed by atoms with Crippen LogP contribution >= 0.6 is 0 Å². The fourth-order valence-electron chi connectivity index (χ4n) is 2.62. The number of rotatable bonds is 5. The molecular formula is C18H14N6O3S. The summed E-state index contributed by atoms with van der Waals surface area (Å²) in [6.45, 7) is 0. The van der Waals surface area contributed by atoms with E-state index in [0.29, 0.717) is 5.69 Å². The van der Waals surface area contributed by atoms with E-state index in [2.05, 4.69) is 20.3 Å². The van der Waals surface area contributed by atoms with Crippen molar-refractivity contribution in [2.75, 3.05) is 0 Å². The molecule has 28 heavy (non-hydrogen) atoms. The maximum Gasteiger partial charge on any atom is 0.299 e. The number of amides is 1. The molecule has 0 aliphatic carbocycles. The van der Waals surface area contributed by atoms with E-state index in [9.17, 15) is 13.2 Å². The molecule has 4 rings (SSSR count). The van der Waals surface area contributed by atoms with Gasteiger partial charge in [-0.3, -0.25) is 4.79 Å². The van der Waals surface area contributed by atoms with Gasteiger partial charge in [0.05, 0.1) is 11.4 Å². The number of carbonyl (C=O) groups is 1. The van der Waals surface area contributed by atoms with Gasteiger partial charge < -0.3 is 0 Å². The topological polar surface area (TPSA) is 123 Å². The van der Waals surface area contributed by atoms with Crippen LogP contribution in [0.3, 0.4) is 0 Å². The maximum absolute atomic E-state index is 12.6. The van der Waals surface area contributed by atoms with Gasteiger partial charge in [0.25, 0.3) is 21.1 Å². The fourth-order valence-corrected chi connectivity index (χ4v) is 3.42. The first kappa shape index (κ1) is 17.6. The number of carbonyl (C=O) groups excluding carboxylic acids is 1. The van der Waals surface area contributed by atoms with Crippen LogP contribution in [0.25, 0.3) is 16.9 Å². The van der Waals surface area contributed by atoms with E-state index in [1.165, 1.54) is 6.07 Å². The highest BCUT2D eigenvalue weighted by Gasteiger charge is 2.24. The standard InChI is InChI=1S/C18H14N6O3S/c25-17(23-28(26,27)18-19-12-20-21-18)15-11-16(13-7-3-1-4-8-13)24(22-15)14-9-5-2-6-10-14/h1-12H,(H,23,25)(H,19,20,21). The normalized spacial score (nSPS) is 11.3. The summed E-state index contributed by atoms with van der Waals surface area (Å²) in [5.74, 6) is -0.872. The summed E-state index contributed by atoms with van der Waals surface area (Å²) < 4.78 is 27.9. The van der Waals surface area contributed by atoms with E-state index in [4.69, 9.17) is 0 Å². The van der Waals surface area contributed by atoms with Crippen LogP contribution in [0.5, 0.6) is 0 Å². The number of aromatic amines is 1. The minimum absolute atomic E-state index is 0.0502. The zero-order valence-electron chi connectivity index (χ0n) is 14.4. The first-order valence-electron chi connectivity index (χ1n) is 8.18. The number of H-pyrrole nitrogens is 1. The Morgan fingerprint density at radius 2 is 1.68 bits per heavy atom. The molecule has 2 N–H and O–H groups in total. The van der Waals surface area contributed by atoms with E-state index in [1.54, 1.807) is 4.68 Å². The SMILES string of the molecule is O=C(NS(=O)(=O)c1ncn[nH]1)c1cc(-c2ccccc2)n(-c2ccccc2)n1. The van der Waals surface area contributed by atoms with Gasteiger partial charge in [-0.05, 0) is 18.2 Å². The molecule has 2 aromatic carbocycles. The average Bonchev–Trinajstić information content (AvgIpc) is 3.40. The zero-order chi connectivity index (χ0) is 19.6. The quantitative estimate of drug-likeness (QED) is 0.532. The molecule has 9 nitrogen and oxygen atoms in total. The molecule has 0 atom stereocenters. The lowest BCUT2D eigenvalue weighted by atomic mass is 10.1. The predicted molar refractivity (Wildman–Crippen MR) is 100 cm³/mol. The van der Waals surface area contributed by atoms with Crippen molar-refractivity contribution in [1.29, 1.82) is 0 Å². The molecule has 0 saturated heterocycles. The van der Waals surface area contributed by atoms with Gasteiger partial charge in [-0.15, -0.1) is 0 Å². The van der Waals surface area contributed by atoms with Gasteiger partial charge in [-0.2, -0.15) is 18.6 Å². The van der Waals surface area contributed by atoms with Gasteiger partial charge in [0, 0.05) is 5.56 Å². The van der Waals surface area contributed by atoms with Crippen molar-refractivity contribution in [3.63, 3.8) is 0 Å². The molecule has 0 spiro atoms. The Labute approximate surface area is 160 Å². The van der Waals surface area contributed by atoms with Crippen molar-refractivity contribution in [3.8, 4) is 16.9 Å². The van der Waals surface area contributed by atoms with Gasteiger partial charge in [-0.1, -0.05) is 48.5 Å². The second-order valence-corrected chi connectivity index (χ2v) is 7.35. The third-order valence-electron chi connectivity index (χ3n) is 3.89. The van der Waals surface area contributed by atoms with Gasteiger partial charge in [0.1, 0.15) is 6.33 Å². The average molecular weight is 394 g/mol. The summed E-state index contributed by atoms with van der Waals surface area (Å²) in [5.41, 5.74) is 2.16. The van der Waals surface area contributed by atoms with Crippen LogP contribution in [0, 0.1) is 0 Å². The van der Waals surface area contributed by atoms with Crippen molar-refractivity contribution in [2.45, 2.75) is 5.16 Å². The molecule has 0 bridgehead atoms. The van der Waals surface area contributed by atoms with Crippen LogP contribution < -0.4 is 4.72 Å². The van der Waals surface area contributed by atoms with Crippen LogP contribution in [0.4, 0.5) is 0 Å². The molecule has 1 amide bonds. The molecule has 0 aliphatic rings.